The van der Waals surface area contributed by atoms with Gasteiger partial charge >= 0.3 is 6.18 Å². The van der Waals surface area contributed by atoms with Gasteiger partial charge in [-0.2, -0.15) is 18.4 Å². The lowest BCUT2D eigenvalue weighted by Crippen LogP contribution is -2.48. The second-order valence-corrected chi connectivity index (χ2v) is 12.7. The van der Waals surface area contributed by atoms with Crippen LogP contribution in [-0.4, -0.2) is 67.1 Å². The summed E-state index contributed by atoms with van der Waals surface area (Å²) < 4.78 is 37.0. The second-order valence-electron chi connectivity index (χ2n) is 12.7. The Morgan fingerprint density at radius 3 is 2.09 bits per heavy atom. The normalized spacial score (nSPS) is 24.9. The average molecular weight is 675 g/mol. The van der Waals surface area contributed by atoms with Gasteiger partial charge in [-0.05, 0) is 63.2 Å². The molecule has 2 aliphatic heterocycles. The average Bonchev–Trinajstić information content (AvgIpc) is 3.90. The molecule has 4 rings (SSSR count). The zero-order chi connectivity index (χ0) is 37.0. The van der Waals surface area contributed by atoms with Crippen LogP contribution < -0.4 is 10.6 Å². The van der Waals surface area contributed by atoms with E-state index >= 15 is 0 Å². The predicted molar refractivity (Wildman–Crippen MR) is 183 cm³/mol. The van der Waals surface area contributed by atoms with Crippen molar-refractivity contribution in [3.8, 4) is 6.07 Å². The van der Waals surface area contributed by atoms with Crippen LogP contribution in [0.4, 0.5) is 13.2 Å². The zero-order valence-corrected chi connectivity index (χ0v) is 31.0. The Morgan fingerprint density at radius 2 is 1.68 bits per heavy atom. The van der Waals surface area contributed by atoms with Crippen LogP contribution in [0.5, 0.6) is 0 Å². The van der Waals surface area contributed by atoms with Crippen molar-refractivity contribution in [3.63, 3.8) is 0 Å². The minimum Gasteiger partial charge on any atom is -0.373 e. The van der Waals surface area contributed by atoms with E-state index < -0.39 is 6.18 Å². The van der Waals surface area contributed by atoms with Crippen molar-refractivity contribution in [2.75, 3.05) is 13.1 Å². The van der Waals surface area contributed by atoms with Gasteiger partial charge < -0.3 is 25.1 Å². The molecule has 0 radical (unpaired) electrons. The molecule has 11 heteroatoms. The number of piperidine rings is 2. The van der Waals surface area contributed by atoms with Crippen molar-refractivity contribution in [1.82, 2.24) is 15.5 Å². The van der Waals surface area contributed by atoms with Crippen LogP contribution in [0.1, 0.15) is 121 Å². The third-order valence-corrected chi connectivity index (χ3v) is 8.53. The molecule has 4 aliphatic rings. The lowest BCUT2D eigenvalue weighted by Gasteiger charge is -2.36. The number of carbonyl (C=O) groups is 3. The van der Waals surface area contributed by atoms with Crippen molar-refractivity contribution in [3.05, 3.63) is 12.3 Å². The summed E-state index contributed by atoms with van der Waals surface area (Å²) in [6, 6.07) is 1.75. The van der Waals surface area contributed by atoms with Crippen molar-refractivity contribution in [2.24, 2.45) is 29.1 Å². The molecule has 274 valence electrons. The predicted octanol–water partition coefficient (Wildman–Crippen LogP) is 7.83. The minimum atomic E-state index is -4.00. The largest absolute Gasteiger partial charge is 0.386 e. The topological polar surface area (TPSA) is 112 Å². The van der Waals surface area contributed by atoms with Gasteiger partial charge in [-0.1, -0.05) is 74.8 Å². The van der Waals surface area contributed by atoms with Gasteiger partial charge in [-0.3, -0.25) is 9.59 Å². The van der Waals surface area contributed by atoms with Crippen molar-refractivity contribution >= 4 is 18.6 Å². The maximum Gasteiger partial charge on any atom is 0.386 e. The molecule has 7 unspecified atom stereocenters. The Hall–Kier alpha value is -2.61. The number of carbonyl (C=O) groups excluding carboxylic acids is 3. The van der Waals surface area contributed by atoms with E-state index in [4.69, 9.17) is 10.00 Å². The zero-order valence-electron chi connectivity index (χ0n) is 31.0. The van der Waals surface area contributed by atoms with Crippen molar-refractivity contribution in [1.29, 1.82) is 5.26 Å². The van der Waals surface area contributed by atoms with Gasteiger partial charge in [-0.25, -0.2) is 0 Å². The number of ether oxygens (including phenoxy) is 1. The van der Waals surface area contributed by atoms with Gasteiger partial charge in [0.2, 0.25) is 12.3 Å². The Kier molecular flexibility index (Phi) is 23.4. The number of unbranched alkanes of at least 4 members (excludes halogenated alkanes) is 1. The molecule has 2 saturated heterocycles. The molecule has 2 saturated carbocycles. The molecule has 2 heterocycles. The molecule has 4 fully saturated rings. The summed E-state index contributed by atoms with van der Waals surface area (Å²) in [6.45, 7) is 26.6. The van der Waals surface area contributed by atoms with Crippen LogP contribution in [0.3, 0.4) is 0 Å². The summed E-state index contributed by atoms with van der Waals surface area (Å²) in [5, 5.41) is 14.2. The van der Waals surface area contributed by atoms with Crippen LogP contribution >= 0.6 is 0 Å². The molecule has 0 aromatic rings. The van der Waals surface area contributed by atoms with E-state index in [0.717, 1.165) is 50.8 Å². The quantitative estimate of drug-likeness (QED) is 0.216. The molecule has 0 aromatic carbocycles. The molecule has 0 bridgehead atoms. The minimum absolute atomic E-state index is 0.00106. The molecule has 0 aromatic heterocycles. The van der Waals surface area contributed by atoms with E-state index in [1.165, 1.54) is 12.8 Å². The first-order chi connectivity index (χ1) is 22.1. The van der Waals surface area contributed by atoms with Crippen LogP contribution in [0, 0.1) is 40.4 Å². The molecule has 7 atom stereocenters. The smallest absolute Gasteiger partial charge is 0.373 e. The van der Waals surface area contributed by atoms with E-state index in [1.54, 1.807) is 0 Å². The van der Waals surface area contributed by atoms with Gasteiger partial charge in [0.05, 0.1) is 30.4 Å². The van der Waals surface area contributed by atoms with Crippen LogP contribution in [0.2, 0.25) is 0 Å². The van der Waals surface area contributed by atoms with Crippen molar-refractivity contribution in [2.45, 2.75) is 152 Å². The number of alkyl halides is 3. The third-order valence-electron chi connectivity index (χ3n) is 8.53. The fraction of sp³-hybridized carbons (Fsp3) is 0.833. The van der Waals surface area contributed by atoms with E-state index in [-0.39, 0.29) is 48.3 Å². The number of fused-ring (bicyclic) bond motifs is 1. The Morgan fingerprint density at radius 1 is 1.15 bits per heavy atom. The summed E-state index contributed by atoms with van der Waals surface area (Å²) in [7, 11) is 0. The second kappa shape index (κ2) is 23.7. The Bertz CT molecular complexity index is 937. The molecule has 2 amide bonds. The van der Waals surface area contributed by atoms with Crippen molar-refractivity contribution < 1.29 is 32.3 Å². The van der Waals surface area contributed by atoms with Crippen LogP contribution in [-0.2, 0) is 19.1 Å². The highest BCUT2D eigenvalue weighted by Gasteiger charge is 2.67. The molecular weight excluding hydrogens is 609 g/mol. The van der Waals surface area contributed by atoms with Crippen LogP contribution in [0.15, 0.2) is 12.3 Å². The first-order valence-electron chi connectivity index (χ1n) is 17.6. The number of aldehydes is 1. The summed E-state index contributed by atoms with van der Waals surface area (Å²) in [5.41, 5.74) is 1.03. The number of amides is 2. The number of rotatable bonds is 11. The standard InChI is InChI=1S/C17H26N2O3.C9H14N2O.C4H10.C2H3F3.2C2H6/c1-10(16(18-9-21)11(2)22-12-5-6-12)19-7-13-15(14(19)8-20)17(13,3)4;1-7(6-10)5-8-3-2-4-11-9(8)12;1-3-4-2;1-2(3,4)5;2*1-2/h8-9,11-16H,1,5-7H2,2-4H3,(H,18,21);7-8H,2-5H2,1H3,(H,11,12);3-4H2,1-2H3;1H3;2*1-2H3. The number of hydrogen-bond donors (Lipinski definition) is 2. The molecule has 2 aliphatic carbocycles. The number of nitrogens with zero attached hydrogens (tertiary/aromatic N) is 2. The Labute approximate surface area is 283 Å². The first kappa shape index (κ1) is 46.5. The highest BCUT2D eigenvalue weighted by molar-refractivity contribution is 5.79. The van der Waals surface area contributed by atoms with Gasteiger partial charge in [0, 0.05) is 37.5 Å². The highest BCUT2D eigenvalue weighted by atomic mass is 19.4. The highest BCUT2D eigenvalue weighted by Crippen LogP contribution is 2.65. The molecule has 47 heavy (non-hydrogen) atoms. The maximum atomic E-state index is 11.6. The summed E-state index contributed by atoms with van der Waals surface area (Å²) in [4.78, 5) is 35.8. The molecule has 8 nitrogen and oxygen atoms in total. The first-order valence-corrected chi connectivity index (χ1v) is 17.6. The van der Waals surface area contributed by atoms with E-state index in [9.17, 15) is 27.6 Å². The van der Waals surface area contributed by atoms with E-state index in [1.807, 2.05) is 41.5 Å². The number of halogens is 3. The monoisotopic (exact) mass is 674 g/mol. The van der Waals surface area contributed by atoms with E-state index in [2.05, 4.69) is 55.9 Å². The maximum absolute atomic E-state index is 11.6. The summed E-state index contributed by atoms with van der Waals surface area (Å²) >= 11 is 0. The van der Waals surface area contributed by atoms with Crippen LogP contribution in [0.25, 0.3) is 0 Å². The van der Waals surface area contributed by atoms with Gasteiger partial charge in [0.1, 0.15) is 6.29 Å². The number of nitriles is 1. The van der Waals surface area contributed by atoms with Gasteiger partial charge in [0.15, 0.2) is 0 Å². The number of hydrogen-bond acceptors (Lipinski definition) is 6. The number of likely N-dealkylation sites (tertiary alicyclic amines) is 1. The van der Waals surface area contributed by atoms with Gasteiger partial charge in [0.25, 0.3) is 0 Å². The Balaban J connectivity index is 0. The SMILES string of the molecule is C=C(C(NC=O)C(C)OC1CC1)N1CC2C(C1C=O)C2(C)C.CC.CC.CC(C#N)CC1CCCNC1=O.CC(F)(F)F.CCCC. The fourth-order valence-electron chi connectivity index (χ4n) is 5.69. The van der Waals surface area contributed by atoms with E-state index in [0.29, 0.717) is 30.8 Å². The molecule has 0 spiro atoms. The fourth-order valence-corrected chi connectivity index (χ4v) is 5.69. The summed E-state index contributed by atoms with van der Waals surface area (Å²) in [6.07, 6.45) is 5.42. The summed E-state index contributed by atoms with van der Waals surface area (Å²) in [5.74, 6) is 1.14. The van der Waals surface area contributed by atoms with Gasteiger partial charge in [-0.15, -0.1) is 0 Å². The number of nitrogens with one attached hydrogen (secondary N) is 2. The molecule has 2 N–H and O–H groups in total. The molecular formula is C36H65F3N4O4. The third kappa shape index (κ3) is 17.4. The lowest BCUT2D eigenvalue weighted by atomic mass is 9.90. The lowest BCUT2D eigenvalue weighted by molar-refractivity contribution is -0.127.